The van der Waals surface area contributed by atoms with Crippen molar-refractivity contribution in [1.82, 2.24) is 0 Å². The highest BCUT2D eigenvalue weighted by Crippen LogP contribution is 2.57. The monoisotopic (exact) mass is 479 g/mol. The molecular weight excluding hydrogens is 456 g/mol. The Balaban J connectivity index is 2.07. The van der Waals surface area contributed by atoms with E-state index >= 15 is 0 Å². The number of nitrogens with two attached hydrogens (primary N) is 1. The van der Waals surface area contributed by atoms with Crippen molar-refractivity contribution >= 4 is 34.8 Å². The molecule has 0 saturated heterocycles. The molecule has 0 aromatic heterocycles. The molecule has 0 unspecified atom stereocenters. The Morgan fingerprint density at radius 1 is 1.18 bits per heavy atom. The van der Waals surface area contributed by atoms with E-state index in [0.717, 1.165) is 0 Å². The van der Waals surface area contributed by atoms with E-state index in [9.17, 15) is 39.9 Å². The third kappa shape index (κ3) is 2.75. The number of benzene rings is 1. The summed E-state index contributed by atoms with van der Waals surface area (Å²) < 4.78 is 0. The number of fused-ring (bicyclic) bond motifs is 3. The summed E-state index contributed by atoms with van der Waals surface area (Å²) in [5, 5.41) is 55.2. The fourth-order valence-electron chi connectivity index (χ4n) is 5.68. The maximum Gasteiger partial charge on any atom is 0.256 e. The first-order valence-corrected chi connectivity index (χ1v) is 10.6. The predicted octanol–water partition coefficient (Wildman–Crippen LogP) is -1.13. The molecule has 3 aliphatic rings. The number of primary amides is 1. The minimum Gasteiger partial charge on any atom is -0.508 e. The van der Waals surface area contributed by atoms with Gasteiger partial charge in [0.15, 0.2) is 11.6 Å². The zero-order valence-electron chi connectivity index (χ0n) is 18.0. The molecule has 0 bridgehead atoms. The van der Waals surface area contributed by atoms with Crippen molar-refractivity contribution in [3.05, 3.63) is 45.2 Å². The van der Waals surface area contributed by atoms with Crippen LogP contribution in [-0.4, -0.2) is 68.7 Å². The van der Waals surface area contributed by atoms with E-state index in [1.165, 1.54) is 19.1 Å². The number of aliphatic hydroxyl groups is 4. The molecule has 1 aromatic rings. The lowest BCUT2D eigenvalue weighted by molar-refractivity contribution is -0.880. The van der Waals surface area contributed by atoms with Crippen molar-refractivity contribution in [3.8, 4) is 5.75 Å². The molecule has 0 heterocycles. The number of phenols is 1. The van der Waals surface area contributed by atoms with Crippen molar-refractivity contribution in [2.24, 2.45) is 17.6 Å². The minimum absolute atomic E-state index is 0.0119. The first kappa shape index (κ1) is 23.2. The summed E-state index contributed by atoms with van der Waals surface area (Å²) in [4.78, 5) is 39.2. The molecule has 5 atom stereocenters. The molecule has 0 spiro atoms. The number of nitrogens with one attached hydrogen (secondary N) is 1. The summed E-state index contributed by atoms with van der Waals surface area (Å²) in [6, 6.07) is 1.33. The smallest absolute Gasteiger partial charge is 0.256 e. The number of phenolic OH excluding ortho intramolecular Hbond substituents is 1. The van der Waals surface area contributed by atoms with E-state index in [2.05, 4.69) is 0 Å². The predicted molar refractivity (Wildman–Crippen MR) is 114 cm³/mol. The van der Waals surface area contributed by atoms with Gasteiger partial charge in [-0.2, -0.15) is 0 Å². The first-order chi connectivity index (χ1) is 15.2. The molecule has 33 heavy (non-hydrogen) atoms. The van der Waals surface area contributed by atoms with Gasteiger partial charge in [-0.15, -0.1) is 0 Å². The van der Waals surface area contributed by atoms with Crippen molar-refractivity contribution in [2.45, 2.75) is 30.6 Å². The van der Waals surface area contributed by atoms with Gasteiger partial charge in [-0.1, -0.05) is 11.6 Å². The number of amides is 1. The number of hydrogen-bond acceptors (Lipinski definition) is 8. The number of ketones is 2. The van der Waals surface area contributed by atoms with Gasteiger partial charge in [-0.3, -0.25) is 14.4 Å². The standard InChI is InChI=1S/C22H23ClN2O8/c1-21(32)7-6-8-15(25(2)3)17(28)13(20(24)31)19(30)22(8,33)18(29)11(7)16(27)12-10(26)5-4-9(23)14(12)21/h4-5,7-8,15,26-27,30,32-33H,6H2,1-3H3,(H2,24,31)/p+1/t7-,8-,15-,21-,22-/m0/s1. The van der Waals surface area contributed by atoms with E-state index in [0.29, 0.717) is 4.90 Å². The number of rotatable bonds is 2. The second kappa shape index (κ2) is 7.04. The van der Waals surface area contributed by atoms with E-state index < -0.39 is 75.0 Å². The van der Waals surface area contributed by atoms with Gasteiger partial charge < -0.3 is 36.2 Å². The number of hydrogen-bond donors (Lipinski definition) is 7. The van der Waals surface area contributed by atoms with Crippen molar-refractivity contribution in [2.75, 3.05) is 14.1 Å². The van der Waals surface area contributed by atoms with Crippen LogP contribution in [0.3, 0.4) is 0 Å². The largest absolute Gasteiger partial charge is 0.508 e. The third-order valence-electron chi connectivity index (χ3n) is 7.17. The maximum atomic E-state index is 13.7. The Morgan fingerprint density at radius 2 is 1.79 bits per heavy atom. The van der Waals surface area contributed by atoms with Crippen LogP contribution < -0.4 is 10.6 Å². The van der Waals surface area contributed by atoms with E-state index in [1.807, 2.05) is 0 Å². The van der Waals surface area contributed by atoms with Crippen LogP contribution in [0.25, 0.3) is 5.76 Å². The molecule has 0 aliphatic heterocycles. The maximum absolute atomic E-state index is 13.7. The summed E-state index contributed by atoms with van der Waals surface area (Å²) >= 11 is 6.28. The number of aromatic hydroxyl groups is 1. The molecule has 10 nitrogen and oxygen atoms in total. The van der Waals surface area contributed by atoms with Gasteiger partial charge in [0.25, 0.3) is 5.91 Å². The highest BCUT2D eigenvalue weighted by molar-refractivity contribution is 6.32. The third-order valence-corrected chi connectivity index (χ3v) is 7.49. The van der Waals surface area contributed by atoms with Crippen LogP contribution in [0.5, 0.6) is 5.75 Å². The summed E-state index contributed by atoms with van der Waals surface area (Å²) in [5.41, 5.74) is -1.02. The summed E-state index contributed by atoms with van der Waals surface area (Å²) in [6.07, 6.45) is -0.238. The number of quaternary nitrogens is 1. The second-order valence-corrected chi connectivity index (χ2v) is 9.63. The lowest BCUT2D eigenvalue weighted by Gasteiger charge is -2.52. The van der Waals surface area contributed by atoms with Crippen LogP contribution in [0.1, 0.15) is 24.5 Å². The molecule has 11 heteroatoms. The Hall–Kier alpha value is -2.92. The van der Waals surface area contributed by atoms with Crippen LogP contribution in [0.4, 0.5) is 0 Å². The van der Waals surface area contributed by atoms with Crippen molar-refractivity contribution in [3.63, 3.8) is 0 Å². The molecule has 0 radical (unpaired) electrons. The van der Waals surface area contributed by atoms with Crippen LogP contribution in [0.2, 0.25) is 5.02 Å². The molecular formula is C22H24ClN2O8+. The zero-order chi connectivity index (χ0) is 24.8. The number of carbonyl (C=O) groups excluding carboxylic acids is 3. The Bertz CT molecular complexity index is 1200. The normalized spacial score (nSPS) is 33.7. The quantitative estimate of drug-likeness (QED) is 0.260. The van der Waals surface area contributed by atoms with Gasteiger partial charge in [0.1, 0.15) is 22.8 Å². The topological polar surface area (TPSA) is 183 Å². The molecule has 1 saturated carbocycles. The fraction of sp³-hybridized carbons (Fsp3) is 0.409. The van der Waals surface area contributed by atoms with Crippen LogP contribution >= 0.6 is 11.6 Å². The summed E-state index contributed by atoms with van der Waals surface area (Å²) in [6.45, 7) is 1.35. The summed E-state index contributed by atoms with van der Waals surface area (Å²) in [7, 11) is 3.14. The molecule has 1 aromatic carbocycles. The van der Waals surface area contributed by atoms with E-state index in [-0.39, 0.29) is 22.6 Å². The minimum atomic E-state index is -2.76. The number of likely N-dealkylation sites (N-methyl/N-ethyl adjacent to an activating group) is 1. The molecule has 8 N–H and O–H groups in total. The number of carbonyl (C=O) groups is 3. The second-order valence-electron chi connectivity index (χ2n) is 9.22. The highest BCUT2D eigenvalue weighted by atomic mass is 35.5. The molecule has 3 aliphatic carbocycles. The number of Topliss-reactive ketones (excluding diaryl/α,β-unsaturated/α-hetero) is 2. The number of halogens is 1. The first-order valence-electron chi connectivity index (χ1n) is 10.2. The lowest BCUT2D eigenvalue weighted by Crippen LogP contribution is -3.13. The highest BCUT2D eigenvalue weighted by Gasteiger charge is 2.68. The molecule has 4 rings (SSSR count). The van der Waals surface area contributed by atoms with Gasteiger partial charge in [0, 0.05) is 22.1 Å². The van der Waals surface area contributed by atoms with Gasteiger partial charge in [0.05, 0.1) is 31.2 Å². The average molecular weight is 480 g/mol. The van der Waals surface area contributed by atoms with Gasteiger partial charge in [0.2, 0.25) is 11.6 Å². The SMILES string of the molecule is C[NH+](C)[C@@H]1C(=O)C(C(N)=O)=C(O)[C@@]2(O)C(=O)C3=C(O)c4c(O)ccc(Cl)c4[C@@](C)(O)[C@H]3C[C@@H]12. The van der Waals surface area contributed by atoms with Crippen LogP contribution in [0.15, 0.2) is 29.0 Å². The van der Waals surface area contributed by atoms with E-state index in [4.69, 9.17) is 17.3 Å². The lowest BCUT2D eigenvalue weighted by atomic mass is 9.54. The Morgan fingerprint density at radius 3 is 2.33 bits per heavy atom. The van der Waals surface area contributed by atoms with Crippen molar-refractivity contribution in [1.29, 1.82) is 0 Å². The average Bonchev–Trinajstić information content (AvgIpc) is 2.69. The molecule has 176 valence electrons. The zero-order valence-corrected chi connectivity index (χ0v) is 18.8. The number of aliphatic hydroxyl groups excluding tert-OH is 2. The Labute approximate surface area is 193 Å². The van der Waals surface area contributed by atoms with E-state index in [1.54, 1.807) is 14.1 Å². The van der Waals surface area contributed by atoms with Gasteiger partial charge in [-0.05, 0) is 25.5 Å². The van der Waals surface area contributed by atoms with Gasteiger partial charge in [-0.25, -0.2) is 0 Å². The van der Waals surface area contributed by atoms with Crippen LogP contribution in [-0.2, 0) is 20.0 Å². The molecule has 1 fully saturated rings. The molecule has 1 amide bonds. The fourth-order valence-corrected chi connectivity index (χ4v) is 6.02. The van der Waals surface area contributed by atoms with Crippen molar-refractivity contribution < 1.29 is 44.8 Å². The Kier molecular flexibility index (Phi) is 4.96. The van der Waals surface area contributed by atoms with Crippen LogP contribution in [0, 0.1) is 11.8 Å². The van der Waals surface area contributed by atoms with Gasteiger partial charge >= 0.3 is 0 Å². The summed E-state index contributed by atoms with van der Waals surface area (Å²) in [5.74, 6) is -8.16.